The zero-order chi connectivity index (χ0) is 22.2. The largest absolute Gasteiger partial charge is 0.337 e. The molecule has 158 valence electrons. The molecule has 0 spiro atoms. The summed E-state index contributed by atoms with van der Waals surface area (Å²) in [5.74, 6) is 5.85. The molecular weight excluding hydrogens is 390 g/mol. The third kappa shape index (κ3) is 5.91. The molecule has 7 nitrogen and oxygen atoms in total. The Kier molecular flexibility index (Phi) is 7.37. The minimum absolute atomic E-state index is 0.107. The zero-order valence-corrected chi connectivity index (χ0v) is 17.8. The molecule has 0 N–H and O–H groups in total. The molecule has 1 saturated heterocycles. The van der Waals surface area contributed by atoms with Gasteiger partial charge in [-0.1, -0.05) is 17.9 Å². The van der Waals surface area contributed by atoms with Crippen molar-refractivity contribution >= 4 is 11.8 Å². The molecule has 3 rings (SSSR count). The fourth-order valence-corrected chi connectivity index (χ4v) is 3.34. The third-order valence-electron chi connectivity index (χ3n) is 4.92. The van der Waals surface area contributed by atoms with Crippen LogP contribution in [0.2, 0.25) is 0 Å². The minimum atomic E-state index is -0.119. The monoisotopic (exact) mass is 415 g/mol. The van der Waals surface area contributed by atoms with Gasteiger partial charge in [0.05, 0.1) is 23.7 Å². The number of amides is 2. The second kappa shape index (κ2) is 10.4. The van der Waals surface area contributed by atoms with E-state index in [1.807, 2.05) is 19.0 Å². The molecule has 1 aromatic heterocycles. The van der Waals surface area contributed by atoms with Gasteiger partial charge in [-0.25, -0.2) is 0 Å². The van der Waals surface area contributed by atoms with E-state index in [0.717, 1.165) is 0 Å². The molecule has 0 unspecified atom stereocenters. The van der Waals surface area contributed by atoms with Gasteiger partial charge in [0.15, 0.2) is 0 Å². The van der Waals surface area contributed by atoms with Crippen LogP contribution < -0.4 is 0 Å². The Morgan fingerprint density at radius 2 is 1.68 bits per heavy atom. The molecule has 0 radical (unpaired) electrons. The highest BCUT2D eigenvalue weighted by Crippen LogP contribution is 2.13. The summed E-state index contributed by atoms with van der Waals surface area (Å²) in [5, 5.41) is 9.06. The standard InChI is InChI=1S/C24H25N5O2/c1-27(2)9-4-7-20-15-22(18-26-17-20)24(31)29-11-5-10-28(12-13-29)23(30)21-8-3-6-19(14-21)16-25/h3,6,8,14-15,17-18H,5,9-13H2,1-2H3. The van der Waals surface area contributed by atoms with Crippen molar-refractivity contribution in [3.63, 3.8) is 0 Å². The van der Waals surface area contributed by atoms with Crippen molar-refractivity contribution in [3.8, 4) is 17.9 Å². The number of rotatable bonds is 3. The Morgan fingerprint density at radius 1 is 1.00 bits per heavy atom. The summed E-state index contributed by atoms with van der Waals surface area (Å²) < 4.78 is 0. The molecule has 0 saturated carbocycles. The number of nitriles is 1. The summed E-state index contributed by atoms with van der Waals surface area (Å²) in [6.07, 6.45) is 3.89. The first-order valence-corrected chi connectivity index (χ1v) is 10.2. The van der Waals surface area contributed by atoms with Crippen LogP contribution >= 0.6 is 0 Å². The van der Waals surface area contributed by atoms with Gasteiger partial charge in [-0.3, -0.25) is 19.5 Å². The van der Waals surface area contributed by atoms with Gasteiger partial charge in [-0.15, -0.1) is 0 Å². The molecule has 0 bridgehead atoms. The lowest BCUT2D eigenvalue weighted by Gasteiger charge is -2.22. The average Bonchev–Trinajstić information content (AvgIpc) is 3.04. The van der Waals surface area contributed by atoms with Crippen LogP contribution in [0, 0.1) is 23.2 Å². The van der Waals surface area contributed by atoms with Crippen LogP contribution in [0.15, 0.2) is 42.7 Å². The number of carbonyl (C=O) groups excluding carboxylic acids is 2. The maximum atomic E-state index is 13.0. The topological polar surface area (TPSA) is 80.5 Å². The third-order valence-corrected chi connectivity index (χ3v) is 4.92. The van der Waals surface area contributed by atoms with Gasteiger partial charge in [0.25, 0.3) is 11.8 Å². The summed E-state index contributed by atoms with van der Waals surface area (Å²) in [6, 6.07) is 10.5. The van der Waals surface area contributed by atoms with Crippen molar-refractivity contribution in [2.45, 2.75) is 6.42 Å². The van der Waals surface area contributed by atoms with Gasteiger partial charge in [0.2, 0.25) is 0 Å². The summed E-state index contributed by atoms with van der Waals surface area (Å²) in [5.41, 5.74) is 2.15. The van der Waals surface area contributed by atoms with Gasteiger partial charge < -0.3 is 9.80 Å². The minimum Gasteiger partial charge on any atom is -0.337 e. The zero-order valence-electron chi connectivity index (χ0n) is 17.8. The van der Waals surface area contributed by atoms with E-state index in [1.54, 1.807) is 52.5 Å². The highest BCUT2D eigenvalue weighted by molar-refractivity contribution is 5.95. The molecule has 0 atom stereocenters. The lowest BCUT2D eigenvalue weighted by atomic mass is 10.1. The van der Waals surface area contributed by atoms with Crippen molar-refractivity contribution < 1.29 is 9.59 Å². The molecule has 1 aliphatic rings. The number of carbonyl (C=O) groups is 2. The van der Waals surface area contributed by atoms with Gasteiger partial charge in [-0.2, -0.15) is 5.26 Å². The van der Waals surface area contributed by atoms with E-state index < -0.39 is 0 Å². The van der Waals surface area contributed by atoms with Crippen molar-refractivity contribution in [3.05, 3.63) is 65.0 Å². The normalized spacial score (nSPS) is 13.7. The molecule has 1 aliphatic heterocycles. The molecule has 1 aromatic carbocycles. The summed E-state index contributed by atoms with van der Waals surface area (Å²) in [7, 11) is 3.89. The Labute approximate surface area is 182 Å². The van der Waals surface area contributed by atoms with E-state index >= 15 is 0 Å². The smallest absolute Gasteiger partial charge is 0.255 e. The molecule has 31 heavy (non-hydrogen) atoms. The number of hydrogen-bond donors (Lipinski definition) is 0. The van der Waals surface area contributed by atoms with Crippen molar-refractivity contribution in [1.29, 1.82) is 5.26 Å². The number of pyridine rings is 1. The Morgan fingerprint density at radius 3 is 2.35 bits per heavy atom. The Hall–Kier alpha value is -3.68. The lowest BCUT2D eigenvalue weighted by molar-refractivity contribution is 0.0718. The van der Waals surface area contributed by atoms with Crippen molar-refractivity contribution in [2.75, 3.05) is 46.8 Å². The van der Waals surface area contributed by atoms with Crippen molar-refractivity contribution in [2.24, 2.45) is 0 Å². The SMILES string of the molecule is CN(C)CC#Cc1cncc(C(=O)N2CCCN(C(=O)c3cccc(C#N)c3)CC2)c1. The molecule has 2 aromatic rings. The highest BCUT2D eigenvalue weighted by atomic mass is 16.2. The Balaban J connectivity index is 1.66. The van der Waals surface area contributed by atoms with E-state index in [-0.39, 0.29) is 11.8 Å². The molecular formula is C24H25N5O2. The Bertz CT molecular complexity index is 1060. The summed E-state index contributed by atoms with van der Waals surface area (Å²) >= 11 is 0. The quantitative estimate of drug-likeness (QED) is 0.715. The van der Waals surface area contributed by atoms with Crippen LogP contribution in [0.5, 0.6) is 0 Å². The summed E-state index contributed by atoms with van der Waals surface area (Å²) in [4.78, 5) is 35.5. The molecule has 2 heterocycles. The molecule has 2 amide bonds. The van der Waals surface area contributed by atoms with Crippen LogP contribution in [0.3, 0.4) is 0 Å². The van der Waals surface area contributed by atoms with Gasteiger partial charge in [0.1, 0.15) is 0 Å². The molecule has 0 aliphatic carbocycles. The van der Waals surface area contributed by atoms with E-state index in [4.69, 9.17) is 5.26 Å². The van der Waals surface area contributed by atoms with Crippen LogP contribution in [0.25, 0.3) is 0 Å². The van der Waals surface area contributed by atoms with Crippen LogP contribution in [-0.4, -0.2) is 78.3 Å². The first-order valence-electron chi connectivity index (χ1n) is 10.2. The second-order valence-electron chi connectivity index (χ2n) is 7.63. The first-order chi connectivity index (χ1) is 15.0. The van der Waals surface area contributed by atoms with E-state index in [0.29, 0.717) is 61.4 Å². The fourth-order valence-electron chi connectivity index (χ4n) is 3.34. The highest BCUT2D eigenvalue weighted by Gasteiger charge is 2.24. The van der Waals surface area contributed by atoms with E-state index in [2.05, 4.69) is 22.9 Å². The maximum absolute atomic E-state index is 13.0. The van der Waals surface area contributed by atoms with Gasteiger partial charge in [0, 0.05) is 49.7 Å². The summed E-state index contributed by atoms with van der Waals surface area (Å²) in [6.45, 7) is 2.65. The van der Waals surface area contributed by atoms with Crippen molar-refractivity contribution in [1.82, 2.24) is 19.7 Å². The predicted molar refractivity (Wildman–Crippen MR) is 117 cm³/mol. The number of nitrogens with zero attached hydrogens (tertiary/aromatic N) is 5. The number of hydrogen-bond acceptors (Lipinski definition) is 5. The second-order valence-corrected chi connectivity index (χ2v) is 7.63. The maximum Gasteiger partial charge on any atom is 0.255 e. The lowest BCUT2D eigenvalue weighted by Crippen LogP contribution is -2.37. The first kappa shape index (κ1) is 22.0. The number of aromatic nitrogens is 1. The van der Waals surface area contributed by atoms with E-state index in [9.17, 15) is 9.59 Å². The molecule has 7 heteroatoms. The van der Waals surface area contributed by atoms with Crippen LogP contribution in [-0.2, 0) is 0 Å². The predicted octanol–water partition coefficient (Wildman–Crippen LogP) is 1.85. The molecule has 1 fully saturated rings. The van der Waals surface area contributed by atoms with Crippen LogP contribution in [0.1, 0.15) is 38.3 Å². The van der Waals surface area contributed by atoms with Gasteiger partial charge >= 0.3 is 0 Å². The fraction of sp³-hybridized carbons (Fsp3) is 0.333. The van der Waals surface area contributed by atoms with Crippen LogP contribution in [0.4, 0.5) is 0 Å². The average molecular weight is 415 g/mol. The number of benzene rings is 1. The van der Waals surface area contributed by atoms with E-state index in [1.165, 1.54) is 0 Å². The van der Waals surface area contributed by atoms with Gasteiger partial charge in [-0.05, 0) is 44.8 Å².